The Bertz CT molecular complexity index is 741. The van der Waals surface area contributed by atoms with Crippen molar-refractivity contribution in [3.05, 3.63) is 59.7 Å². The second kappa shape index (κ2) is 8.33. The molecule has 2 amide bonds. The highest BCUT2D eigenvalue weighted by molar-refractivity contribution is 5.95. The predicted molar refractivity (Wildman–Crippen MR) is 99.0 cm³/mol. The predicted octanol–water partition coefficient (Wildman–Crippen LogP) is 3.36. The molecule has 2 aromatic carbocycles. The minimum absolute atomic E-state index is 0.0128. The van der Waals surface area contributed by atoms with Crippen LogP contribution in [-0.2, 0) is 11.2 Å². The van der Waals surface area contributed by atoms with Crippen molar-refractivity contribution in [2.45, 2.75) is 26.3 Å². The summed E-state index contributed by atoms with van der Waals surface area (Å²) in [6.07, 6.45) is 0.705. The van der Waals surface area contributed by atoms with Crippen LogP contribution in [0.25, 0.3) is 0 Å². The fourth-order valence-corrected chi connectivity index (χ4v) is 2.63. The monoisotopic (exact) mass is 340 g/mol. The van der Waals surface area contributed by atoms with Gasteiger partial charge in [0.2, 0.25) is 5.91 Å². The Labute approximate surface area is 148 Å². The molecule has 2 aromatic rings. The first-order valence-corrected chi connectivity index (χ1v) is 8.19. The molecule has 1 atom stereocenters. The number of likely N-dealkylation sites (N-methyl/N-ethyl adjacent to an activating group) is 1. The molecule has 0 fully saturated rings. The summed E-state index contributed by atoms with van der Waals surface area (Å²) in [5, 5.41) is 2.69. The van der Waals surface area contributed by atoms with Crippen molar-refractivity contribution in [1.82, 2.24) is 4.90 Å². The van der Waals surface area contributed by atoms with Crippen LogP contribution in [0, 0.1) is 0 Å². The molecule has 0 spiro atoms. The van der Waals surface area contributed by atoms with Gasteiger partial charge in [0.15, 0.2) is 0 Å². The Hall–Kier alpha value is -2.82. The maximum absolute atomic E-state index is 12.7. The highest BCUT2D eigenvalue weighted by Gasteiger charge is 2.19. The second-order valence-corrected chi connectivity index (χ2v) is 6.04. The van der Waals surface area contributed by atoms with Crippen molar-refractivity contribution in [1.29, 1.82) is 0 Å². The van der Waals surface area contributed by atoms with Gasteiger partial charge in [0.1, 0.15) is 5.75 Å². The van der Waals surface area contributed by atoms with Crippen LogP contribution in [0.1, 0.15) is 29.8 Å². The number of carbonyl (C=O) groups excluding carboxylic acids is 2. The normalized spacial score (nSPS) is 11.5. The second-order valence-electron chi connectivity index (χ2n) is 6.04. The largest absolute Gasteiger partial charge is 0.496 e. The minimum Gasteiger partial charge on any atom is -0.496 e. The van der Waals surface area contributed by atoms with Crippen molar-refractivity contribution < 1.29 is 14.3 Å². The highest BCUT2D eigenvalue weighted by atomic mass is 16.5. The first-order valence-electron chi connectivity index (χ1n) is 8.19. The summed E-state index contributed by atoms with van der Waals surface area (Å²) in [5.41, 5.74) is 2.33. The molecule has 0 bridgehead atoms. The van der Waals surface area contributed by atoms with E-state index in [1.54, 1.807) is 43.3 Å². The molecule has 1 unspecified atom stereocenters. The van der Waals surface area contributed by atoms with Gasteiger partial charge in [0, 0.05) is 31.3 Å². The number of methoxy groups -OCH3 is 1. The topological polar surface area (TPSA) is 58.6 Å². The number of hydrogen-bond acceptors (Lipinski definition) is 3. The van der Waals surface area contributed by atoms with Crippen LogP contribution in [0.15, 0.2) is 48.5 Å². The molecule has 5 heteroatoms. The first-order chi connectivity index (χ1) is 11.9. The van der Waals surface area contributed by atoms with Crippen molar-refractivity contribution in [3.63, 3.8) is 0 Å². The lowest BCUT2D eigenvalue weighted by molar-refractivity contribution is -0.114. The molecule has 0 aliphatic rings. The maximum atomic E-state index is 12.7. The van der Waals surface area contributed by atoms with E-state index in [0.29, 0.717) is 17.7 Å². The fraction of sp³-hybridized carbons (Fsp3) is 0.300. The van der Waals surface area contributed by atoms with Crippen molar-refractivity contribution in [3.8, 4) is 5.75 Å². The van der Waals surface area contributed by atoms with Crippen LogP contribution in [-0.4, -0.2) is 36.9 Å². The van der Waals surface area contributed by atoms with E-state index in [1.165, 1.54) is 6.92 Å². The molecule has 0 aliphatic heterocycles. The summed E-state index contributed by atoms with van der Waals surface area (Å²) in [6, 6.07) is 14.7. The quantitative estimate of drug-likeness (QED) is 0.877. The smallest absolute Gasteiger partial charge is 0.253 e. The number of rotatable bonds is 6. The molecular formula is C20H24N2O3. The van der Waals surface area contributed by atoms with Crippen LogP contribution in [0.3, 0.4) is 0 Å². The van der Waals surface area contributed by atoms with Crippen LogP contribution in [0.5, 0.6) is 5.75 Å². The third-order valence-corrected chi connectivity index (χ3v) is 4.14. The molecule has 0 aliphatic carbocycles. The van der Waals surface area contributed by atoms with E-state index in [9.17, 15) is 9.59 Å². The zero-order chi connectivity index (χ0) is 18.4. The lowest BCUT2D eigenvalue weighted by atomic mass is 10.0. The van der Waals surface area contributed by atoms with E-state index in [4.69, 9.17) is 4.74 Å². The van der Waals surface area contributed by atoms with Gasteiger partial charge >= 0.3 is 0 Å². The number of nitrogens with one attached hydrogen (secondary N) is 1. The number of nitrogens with zero attached hydrogens (tertiary/aromatic N) is 1. The number of benzene rings is 2. The number of anilines is 1. The Morgan fingerprint density at radius 1 is 1.12 bits per heavy atom. The molecule has 2 rings (SSSR count). The van der Waals surface area contributed by atoms with Gasteiger partial charge in [-0.05, 0) is 49.2 Å². The van der Waals surface area contributed by atoms with E-state index >= 15 is 0 Å². The Balaban J connectivity index is 2.06. The standard InChI is InChI=1S/C20H24N2O3/c1-14(13-17-7-5-6-8-19(17)25-4)22(3)20(24)16-9-11-18(12-10-16)21-15(2)23/h5-12,14H,13H2,1-4H3,(H,21,23). The van der Waals surface area contributed by atoms with E-state index in [0.717, 1.165) is 11.3 Å². The van der Waals surface area contributed by atoms with Crippen molar-refractivity contribution >= 4 is 17.5 Å². The van der Waals surface area contributed by atoms with Crippen LogP contribution in [0.4, 0.5) is 5.69 Å². The molecule has 0 saturated heterocycles. The van der Waals surface area contributed by atoms with Gasteiger partial charge in [0.05, 0.1) is 7.11 Å². The van der Waals surface area contributed by atoms with Crippen LogP contribution >= 0.6 is 0 Å². The molecule has 25 heavy (non-hydrogen) atoms. The first kappa shape index (κ1) is 18.5. The van der Waals surface area contributed by atoms with Gasteiger partial charge < -0.3 is 15.0 Å². The SMILES string of the molecule is COc1ccccc1CC(C)N(C)C(=O)c1ccc(NC(C)=O)cc1. The van der Waals surface area contributed by atoms with Gasteiger partial charge in [-0.15, -0.1) is 0 Å². The van der Waals surface area contributed by atoms with E-state index < -0.39 is 0 Å². The average molecular weight is 340 g/mol. The Morgan fingerprint density at radius 3 is 2.36 bits per heavy atom. The third kappa shape index (κ3) is 4.83. The molecular weight excluding hydrogens is 316 g/mol. The van der Waals surface area contributed by atoms with Crippen molar-refractivity contribution in [2.24, 2.45) is 0 Å². The number of para-hydroxylation sites is 1. The molecule has 5 nitrogen and oxygen atoms in total. The maximum Gasteiger partial charge on any atom is 0.253 e. The van der Waals surface area contributed by atoms with Crippen LogP contribution < -0.4 is 10.1 Å². The molecule has 0 heterocycles. The number of ether oxygens (including phenoxy) is 1. The highest BCUT2D eigenvalue weighted by Crippen LogP contribution is 2.21. The molecule has 132 valence electrons. The number of hydrogen-bond donors (Lipinski definition) is 1. The van der Waals surface area contributed by atoms with Gasteiger partial charge in [0.25, 0.3) is 5.91 Å². The number of carbonyl (C=O) groups is 2. The minimum atomic E-state index is -0.137. The average Bonchev–Trinajstić information content (AvgIpc) is 2.61. The molecule has 0 aromatic heterocycles. The summed E-state index contributed by atoms with van der Waals surface area (Å²) in [7, 11) is 3.44. The van der Waals surface area contributed by atoms with Gasteiger partial charge in [-0.3, -0.25) is 9.59 Å². The number of amides is 2. The van der Waals surface area contributed by atoms with Gasteiger partial charge in [-0.2, -0.15) is 0 Å². The lowest BCUT2D eigenvalue weighted by Gasteiger charge is -2.26. The molecule has 1 N–H and O–H groups in total. The summed E-state index contributed by atoms with van der Waals surface area (Å²) < 4.78 is 5.38. The zero-order valence-corrected chi connectivity index (χ0v) is 15.1. The summed E-state index contributed by atoms with van der Waals surface area (Å²) in [5.74, 6) is 0.633. The van der Waals surface area contributed by atoms with Crippen LogP contribution in [0.2, 0.25) is 0 Å². The van der Waals surface area contributed by atoms with E-state index in [1.807, 2.05) is 31.2 Å². The van der Waals surface area contributed by atoms with E-state index in [-0.39, 0.29) is 17.9 Å². The third-order valence-electron chi connectivity index (χ3n) is 4.14. The van der Waals surface area contributed by atoms with Crippen molar-refractivity contribution in [2.75, 3.05) is 19.5 Å². The summed E-state index contributed by atoms with van der Waals surface area (Å²) in [4.78, 5) is 25.5. The van der Waals surface area contributed by atoms with E-state index in [2.05, 4.69) is 5.32 Å². The lowest BCUT2D eigenvalue weighted by Crippen LogP contribution is -2.36. The van der Waals surface area contributed by atoms with Gasteiger partial charge in [-0.25, -0.2) is 0 Å². The fourth-order valence-electron chi connectivity index (χ4n) is 2.63. The Kier molecular flexibility index (Phi) is 6.17. The molecule has 0 saturated carbocycles. The summed E-state index contributed by atoms with van der Waals surface area (Å²) >= 11 is 0. The summed E-state index contributed by atoms with van der Waals surface area (Å²) in [6.45, 7) is 3.46. The zero-order valence-electron chi connectivity index (χ0n) is 15.1. The van der Waals surface area contributed by atoms with Gasteiger partial charge in [-0.1, -0.05) is 18.2 Å². The molecule has 0 radical (unpaired) electrons. The Morgan fingerprint density at radius 2 is 1.76 bits per heavy atom.